The predicted octanol–water partition coefficient (Wildman–Crippen LogP) is 2.10. The standard InChI is InChI=1S/C13H9IN4O/c14-11-6-5-10-12(16-7-17-18(10)11)8-3-1-2-4-9(8)13(15)19/h1-7H,(H2,15,19). The quantitative estimate of drug-likeness (QED) is 0.708. The summed E-state index contributed by atoms with van der Waals surface area (Å²) < 4.78 is 2.76. The maximum atomic E-state index is 11.5. The third-order valence-corrected chi connectivity index (χ3v) is 3.67. The number of halogens is 1. The Morgan fingerprint density at radius 3 is 2.79 bits per heavy atom. The molecule has 0 aliphatic heterocycles. The van der Waals surface area contributed by atoms with Gasteiger partial charge < -0.3 is 5.73 Å². The van der Waals surface area contributed by atoms with Gasteiger partial charge in [0, 0.05) is 11.1 Å². The van der Waals surface area contributed by atoms with E-state index in [1.165, 1.54) is 6.33 Å². The number of primary amides is 1. The summed E-state index contributed by atoms with van der Waals surface area (Å²) >= 11 is 2.19. The van der Waals surface area contributed by atoms with E-state index in [-0.39, 0.29) is 0 Å². The van der Waals surface area contributed by atoms with Crippen molar-refractivity contribution in [3.63, 3.8) is 0 Å². The molecular formula is C13H9IN4O. The van der Waals surface area contributed by atoms with Crippen molar-refractivity contribution in [2.24, 2.45) is 5.73 Å². The molecule has 3 rings (SSSR count). The van der Waals surface area contributed by atoms with Gasteiger partial charge in [0.05, 0.1) is 11.2 Å². The van der Waals surface area contributed by atoms with Crippen LogP contribution >= 0.6 is 22.6 Å². The predicted molar refractivity (Wildman–Crippen MR) is 79.7 cm³/mol. The zero-order valence-electron chi connectivity index (χ0n) is 9.75. The highest BCUT2D eigenvalue weighted by atomic mass is 127. The molecule has 5 nitrogen and oxygen atoms in total. The van der Waals surface area contributed by atoms with Crippen LogP contribution in [0.2, 0.25) is 0 Å². The van der Waals surface area contributed by atoms with E-state index in [1.807, 2.05) is 24.3 Å². The number of carbonyl (C=O) groups excluding carboxylic acids is 1. The van der Waals surface area contributed by atoms with Gasteiger partial charge in [0.1, 0.15) is 10.0 Å². The van der Waals surface area contributed by atoms with Gasteiger partial charge in [-0.3, -0.25) is 4.79 Å². The molecule has 0 fully saturated rings. The molecule has 1 aromatic carbocycles. The van der Waals surface area contributed by atoms with Crippen molar-refractivity contribution in [3.05, 3.63) is 52.0 Å². The van der Waals surface area contributed by atoms with E-state index in [0.717, 1.165) is 14.8 Å². The average molecular weight is 364 g/mol. The van der Waals surface area contributed by atoms with Crippen LogP contribution in [-0.4, -0.2) is 20.5 Å². The molecule has 19 heavy (non-hydrogen) atoms. The van der Waals surface area contributed by atoms with Gasteiger partial charge in [0.15, 0.2) is 0 Å². The molecule has 2 heterocycles. The van der Waals surface area contributed by atoms with Crippen LogP contribution in [0.15, 0.2) is 42.7 Å². The number of hydrogen-bond donors (Lipinski definition) is 1. The van der Waals surface area contributed by atoms with Crippen LogP contribution < -0.4 is 5.73 Å². The number of aromatic nitrogens is 3. The van der Waals surface area contributed by atoms with E-state index in [9.17, 15) is 4.79 Å². The zero-order chi connectivity index (χ0) is 13.4. The van der Waals surface area contributed by atoms with Crippen molar-refractivity contribution in [2.45, 2.75) is 0 Å². The van der Waals surface area contributed by atoms with Crippen molar-refractivity contribution >= 4 is 34.0 Å². The average Bonchev–Trinajstić information content (AvgIpc) is 2.81. The first kappa shape index (κ1) is 12.1. The molecule has 0 bridgehead atoms. The van der Waals surface area contributed by atoms with E-state index in [1.54, 1.807) is 16.6 Å². The lowest BCUT2D eigenvalue weighted by molar-refractivity contribution is 0.100. The number of benzene rings is 1. The first-order chi connectivity index (χ1) is 9.18. The van der Waals surface area contributed by atoms with Crippen molar-refractivity contribution < 1.29 is 4.79 Å². The minimum atomic E-state index is -0.464. The summed E-state index contributed by atoms with van der Waals surface area (Å²) in [5.41, 5.74) is 8.14. The Hall–Kier alpha value is -1.96. The molecule has 2 aromatic heterocycles. The monoisotopic (exact) mass is 364 g/mol. The first-order valence-electron chi connectivity index (χ1n) is 5.56. The van der Waals surface area contributed by atoms with Crippen molar-refractivity contribution in [3.8, 4) is 11.3 Å². The van der Waals surface area contributed by atoms with Gasteiger partial charge in [-0.2, -0.15) is 5.10 Å². The molecule has 0 saturated carbocycles. The third kappa shape index (κ3) is 1.97. The Bertz CT molecular complexity index is 781. The highest BCUT2D eigenvalue weighted by molar-refractivity contribution is 14.1. The van der Waals surface area contributed by atoms with Gasteiger partial charge in [0.25, 0.3) is 0 Å². The molecule has 0 unspecified atom stereocenters. The van der Waals surface area contributed by atoms with E-state index in [4.69, 9.17) is 5.73 Å². The Morgan fingerprint density at radius 2 is 2.00 bits per heavy atom. The third-order valence-electron chi connectivity index (χ3n) is 2.85. The second-order valence-corrected chi connectivity index (χ2v) is 5.08. The zero-order valence-corrected chi connectivity index (χ0v) is 11.9. The van der Waals surface area contributed by atoms with Crippen LogP contribution in [0.5, 0.6) is 0 Å². The van der Waals surface area contributed by atoms with Crippen LogP contribution in [0, 0.1) is 3.70 Å². The molecule has 0 aliphatic carbocycles. The molecule has 2 N–H and O–H groups in total. The minimum absolute atomic E-state index is 0.458. The number of amides is 1. The molecule has 0 aliphatic rings. The lowest BCUT2D eigenvalue weighted by Crippen LogP contribution is -2.12. The minimum Gasteiger partial charge on any atom is -0.366 e. The Balaban J connectivity index is 2.34. The molecule has 0 saturated heterocycles. The van der Waals surface area contributed by atoms with Crippen LogP contribution in [0.1, 0.15) is 10.4 Å². The summed E-state index contributed by atoms with van der Waals surface area (Å²) in [6.45, 7) is 0. The number of carbonyl (C=O) groups is 1. The summed E-state index contributed by atoms with van der Waals surface area (Å²) in [7, 11) is 0. The van der Waals surface area contributed by atoms with Crippen LogP contribution in [0.3, 0.4) is 0 Å². The van der Waals surface area contributed by atoms with E-state index < -0.39 is 5.91 Å². The van der Waals surface area contributed by atoms with Crippen LogP contribution in [-0.2, 0) is 0 Å². The van der Waals surface area contributed by atoms with E-state index in [2.05, 4.69) is 32.7 Å². The summed E-state index contributed by atoms with van der Waals surface area (Å²) in [5, 5.41) is 4.18. The summed E-state index contributed by atoms with van der Waals surface area (Å²) in [6, 6.07) is 11.0. The molecule has 1 amide bonds. The largest absolute Gasteiger partial charge is 0.366 e. The second kappa shape index (κ2) is 4.61. The number of nitrogens with two attached hydrogens (primary N) is 1. The fraction of sp³-hybridized carbons (Fsp3) is 0. The lowest BCUT2D eigenvalue weighted by atomic mass is 10.0. The SMILES string of the molecule is NC(=O)c1ccccc1-c1ncnn2c(I)ccc12. The molecule has 0 spiro atoms. The molecule has 3 aromatic rings. The Labute approximate surface area is 122 Å². The topological polar surface area (TPSA) is 73.3 Å². The normalized spacial score (nSPS) is 10.8. The fourth-order valence-corrected chi connectivity index (χ4v) is 2.58. The number of rotatable bonds is 2. The van der Waals surface area contributed by atoms with E-state index >= 15 is 0 Å². The van der Waals surface area contributed by atoms with E-state index in [0.29, 0.717) is 11.3 Å². The number of nitrogens with zero attached hydrogens (tertiary/aromatic N) is 3. The fourth-order valence-electron chi connectivity index (χ4n) is 2.01. The maximum absolute atomic E-state index is 11.5. The van der Waals surface area contributed by atoms with Crippen molar-refractivity contribution in [1.82, 2.24) is 14.6 Å². The Kier molecular flexibility index (Phi) is 2.94. The lowest BCUT2D eigenvalue weighted by Gasteiger charge is -2.07. The Morgan fingerprint density at radius 1 is 1.21 bits per heavy atom. The smallest absolute Gasteiger partial charge is 0.249 e. The first-order valence-corrected chi connectivity index (χ1v) is 6.64. The van der Waals surface area contributed by atoms with Gasteiger partial charge in [-0.15, -0.1) is 0 Å². The van der Waals surface area contributed by atoms with Crippen LogP contribution in [0.4, 0.5) is 0 Å². The summed E-state index contributed by atoms with van der Waals surface area (Å²) in [6.07, 6.45) is 1.47. The summed E-state index contributed by atoms with van der Waals surface area (Å²) in [5.74, 6) is -0.464. The molecular weight excluding hydrogens is 355 g/mol. The molecule has 6 heteroatoms. The van der Waals surface area contributed by atoms with Gasteiger partial charge in [-0.05, 0) is 40.8 Å². The highest BCUT2D eigenvalue weighted by Crippen LogP contribution is 2.26. The van der Waals surface area contributed by atoms with Gasteiger partial charge in [0.2, 0.25) is 5.91 Å². The maximum Gasteiger partial charge on any atom is 0.249 e. The molecule has 0 radical (unpaired) electrons. The number of fused-ring (bicyclic) bond motifs is 1. The molecule has 94 valence electrons. The van der Waals surface area contributed by atoms with Crippen LogP contribution in [0.25, 0.3) is 16.8 Å². The highest BCUT2D eigenvalue weighted by Gasteiger charge is 2.14. The molecule has 0 atom stereocenters. The summed E-state index contributed by atoms with van der Waals surface area (Å²) in [4.78, 5) is 15.8. The number of hydrogen-bond acceptors (Lipinski definition) is 3. The van der Waals surface area contributed by atoms with Crippen molar-refractivity contribution in [1.29, 1.82) is 0 Å². The van der Waals surface area contributed by atoms with Gasteiger partial charge in [-0.25, -0.2) is 9.50 Å². The van der Waals surface area contributed by atoms with Gasteiger partial charge >= 0.3 is 0 Å². The van der Waals surface area contributed by atoms with Gasteiger partial charge in [-0.1, -0.05) is 18.2 Å². The second-order valence-electron chi connectivity index (χ2n) is 3.97. The van der Waals surface area contributed by atoms with Crippen molar-refractivity contribution in [2.75, 3.05) is 0 Å².